The van der Waals surface area contributed by atoms with E-state index < -0.39 is 10.4 Å². The molecule has 3 heterocycles. The zero-order valence-corrected chi connectivity index (χ0v) is 18.5. The molecule has 1 fully saturated rings. The van der Waals surface area contributed by atoms with E-state index in [0.29, 0.717) is 22.5 Å². The van der Waals surface area contributed by atoms with E-state index >= 15 is 0 Å². The Bertz CT molecular complexity index is 1160. The van der Waals surface area contributed by atoms with Gasteiger partial charge in [-0.2, -0.15) is 8.42 Å². The van der Waals surface area contributed by atoms with Crippen LogP contribution in [-0.2, 0) is 21.7 Å². The maximum atomic E-state index is 12.6. The molecule has 1 atom stereocenters. The average molecular weight is 514 g/mol. The monoisotopic (exact) mass is 513 g/mol. The molecule has 1 saturated heterocycles. The smallest absolute Gasteiger partial charge is 0.410 e. The minimum absolute atomic E-state index is 0.154. The molecule has 13 heteroatoms. The fraction of sp³-hybridized carbons (Fsp3) is 0.278. The van der Waals surface area contributed by atoms with E-state index in [1.54, 1.807) is 11.1 Å². The molecule has 2 aromatic heterocycles. The lowest BCUT2D eigenvalue weighted by Gasteiger charge is -2.23. The summed E-state index contributed by atoms with van der Waals surface area (Å²) >= 11 is 3.45. The van der Waals surface area contributed by atoms with Crippen LogP contribution in [0.3, 0.4) is 0 Å². The zero-order chi connectivity index (χ0) is 22.6. The molecule has 0 bridgehead atoms. The summed E-state index contributed by atoms with van der Waals surface area (Å²) in [7, 11) is -4.67. The van der Waals surface area contributed by atoms with Gasteiger partial charge in [0.05, 0.1) is 6.04 Å². The molecular weight excluding hydrogens is 494 g/mol. The van der Waals surface area contributed by atoms with Gasteiger partial charge in [0.15, 0.2) is 5.82 Å². The van der Waals surface area contributed by atoms with Gasteiger partial charge in [0, 0.05) is 18.9 Å². The molecule has 11 nitrogen and oxygen atoms in total. The number of carbonyl (C=O) groups is 1. The molecule has 31 heavy (non-hydrogen) atoms. The van der Waals surface area contributed by atoms with Gasteiger partial charge in [-0.3, -0.25) is 18.4 Å². The quantitative estimate of drug-likeness (QED) is 0.447. The number of ether oxygens (including phenoxy) is 1. The predicted octanol–water partition coefficient (Wildman–Crippen LogP) is 2.89. The van der Waals surface area contributed by atoms with Gasteiger partial charge in [0.1, 0.15) is 22.6 Å². The topological polar surface area (TPSA) is 160 Å². The van der Waals surface area contributed by atoms with E-state index in [1.165, 1.54) is 0 Å². The van der Waals surface area contributed by atoms with Crippen LogP contribution in [0.4, 0.5) is 10.6 Å². The van der Waals surface area contributed by atoms with Crippen molar-refractivity contribution in [3.05, 3.63) is 58.7 Å². The number of nitrogen functional groups attached to an aromatic ring is 1. The Hall–Kier alpha value is -2.74. The number of hydrogen-bond donors (Lipinski definition) is 3. The van der Waals surface area contributed by atoms with Crippen LogP contribution in [0.2, 0.25) is 0 Å². The summed E-state index contributed by atoms with van der Waals surface area (Å²) in [6.07, 6.45) is 4.84. The summed E-state index contributed by atoms with van der Waals surface area (Å²) in [5, 5.41) is 0. The number of anilines is 1. The molecule has 1 aliphatic heterocycles. The Labute approximate surface area is 186 Å². The first-order chi connectivity index (χ1) is 14.6. The van der Waals surface area contributed by atoms with Crippen molar-refractivity contribution in [2.45, 2.75) is 25.5 Å². The second-order valence-electron chi connectivity index (χ2n) is 6.63. The van der Waals surface area contributed by atoms with Crippen LogP contribution in [0.15, 0.2) is 47.3 Å². The van der Waals surface area contributed by atoms with Crippen molar-refractivity contribution in [3.63, 3.8) is 0 Å². The first-order valence-electron chi connectivity index (χ1n) is 9.10. The highest BCUT2D eigenvalue weighted by Crippen LogP contribution is 2.35. The number of nitrogens with zero attached hydrogens (tertiary/aromatic N) is 4. The number of nitrogens with two attached hydrogens (primary N) is 1. The van der Waals surface area contributed by atoms with Gasteiger partial charge < -0.3 is 10.5 Å². The molecule has 1 unspecified atom stereocenters. The molecule has 0 aliphatic carbocycles. The van der Waals surface area contributed by atoms with Crippen molar-refractivity contribution in [2.24, 2.45) is 0 Å². The van der Waals surface area contributed by atoms with E-state index in [1.807, 2.05) is 40.9 Å². The second-order valence-corrected chi connectivity index (χ2v) is 8.28. The molecule has 3 aromatic rings. The van der Waals surface area contributed by atoms with E-state index in [9.17, 15) is 4.79 Å². The summed E-state index contributed by atoms with van der Waals surface area (Å²) in [6, 6.07) is 9.50. The fourth-order valence-corrected chi connectivity index (χ4v) is 3.91. The molecule has 1 aromatic carbocycles. The van der Waals surface area contributed by atoms with Crippen molar-refractivity contribution in [3.8, 4) is 0 Å². The van der Waals surface area contributed by atoms with Crippen LogP contribution in [0, 0.1) is 0 Å². The second kappa shape index (κ2) is 9.60. The van der Waals surface area contributed by atoms with Gasteiger partial charge >= 0.3 is 16.5 Å². The Balaban J connectivity index is 0.000000491. The third-order valence-electron chi connectivity index (χ3n) is 4.56. The van der Waals surface area contributed by atoms with Crippen LogP contribution in [-0.4, -0.2) is 49.4 Å². The van der Waals surface area contributed by atoms with Gasteiger partial charge in [-0.05, 0) is 34.3 Å². The van der Waals surface area contributed by atoms with Gasteiger partial charge in [0.2, 0.25) is 0 Å². The number of fused-ring (bicyclic) bond motifs is 1. The Morgan fingerprint density at radius 3 is 2.65 bits per heavy atom. The molecule has 166 valence electrons. The van der Waals surface area contributed by atoms with Crippen LogP contribution < -0.4 is 5.73 Å². The number of likely N-dealkylation sites (tertiary alicyclic amines) is 1. The van der Waals surface area contributed by atoms with Crippen LogP contribution in [0.25, 0.3) is 5.52 Å². The van der Waals surface area contributed by atoms with Crippen LogP contribution in [0.1, 0.15) is 30.3 Å². The van der Waals surface area contributed by atoms with Crippen molar-refractivity contribution in [1.29, 1.82) is 0 Å². The van der Waals surface area contributed by atoms with Gasteiger partial charge in [0.25, 0.3) is 0 Å². The van der Waals surface area contributed by atoms with Gasteiger partial charge in [-0.1, -0.05) is 30.3 Å². The maximum absolute atomic E-state index is 12.6. The lowest BCUT2D eigenvalue weighted by Crippen LogP contribution is -2.32. The lowest BCUT2D eigenvalue weighted by molar-refractivity contribution is 0.0907. The normalized spacial score (nSPS) is 16.1. The number of rotatable bonds is 3. The van der Waals surface area contributed by atoms with Crippen LogP contribution >= 0.6 is 15.9 Å². The highest BCUT2D eigenvalue weighted by molar-refractivity contribution is 9.10. The summed E-state index contributed by atoms with van der Waals surface area (Å²) in [5.74, 6) is 1.16. The molecule has 4 rings (SSSR count). The number of imidazole rings is 1. The number of hydrogen-bond acceptors (Lipinski definition) is 7. The van der Waals surface area contributed by atoms with E-state index in [4.69, 9.17) is 28.0 Å². The number of carbonyl (C=O) groups excluding carboxylic acids is 1. The predicted molar refractivity (Wildman–Crippen MR) is 115 cm³/mol. The highest BCUT2D eigenvalue weighted by Gasteiger charge is 2.34. The third kappa shape index (κ3) is 5.91. The highest BCUT2D eigenvalue weighted by atomic mass is 79.9. The number of aromatic nitrogens is 3. The first-order valence-corrected chi connectivity index (χ1v) is 11.3. The van der Waals surface area contributed by atoms with Crippen molar-refractivity contribution in [2.75, 3.05) is 12.3 Å². The van der Waals surface area contributed by atoms with E-state index in [-0.39, 0.29) is 18.7 Å². The minimum Gasteiger partial charge on any atom is -0.445 e. The Morgan fingerprint density at radius 1 is 1.29 bits per heavy atom. The fourth-order valence-electron chi connectivity index (χ4n) is 3.33. The summed E-state index contributed by atoms with van der Waals surface area (Å²) in [4.78, 5) is 23.1. The summed E-state index contributed by atoms with van der Waals surface area (Å²) in [5.41, 5.74) is 7.65. The van der Waals surface area contributed by atoms with Crippen LogP contribution in [0.5, 0.6) is 0 Å². The Kier molecular flexibility index (Phi) is 7.10. The largest absolute Gasteiger partial charge is 0.445 e. The van der Waals surface area contributed by atoms with Gasteiger partial charge in [-0.15, -0.1) is 0 Å². The maximum Gasteiger partial charge on any atom is 0.410 e. The molecule has 0 saturated carbocycles. The molecule has 4 N–H and O–H groups in total. The van der Waals surface area contributed by atoms with Crippen molar-refractivity contribution in [1.82, 2.24) is 19.3 Å². The van der Waals surface area contributed by atoms with E-state index in [0.717, 1.165) is 24.2 Å². The molecule has 0 spiro atoms. The molecular formula is C18H20BrN5O6S. The number of amides is 1. The average Bonchev–Trinajstić information content (AvgIpc) is 3.31. The standard InChI is InChI=1S/C18H18BrN5O2.H2O4S/c19-15-14-16(20)21-8-10-24(14)17(22-15)13-7-4-9-23(13)18(25)26-11-12-5-2-1-3-6-12;1-5(2,3)4/h1-3,5-6,8,10,13H,4,7,9,11H2,(H2,20,21);(H2,1,2,3,4). The summed E-state index contributed by atoms with van der Waals surface area (Å²) in [6.45, 7) is 0.900. The molecule has 0 radical (unpaired) electrons. The molecule has 1 aliphatic rings. The summed E-state index contributed by atoms with van der Waals surface area (Å²) < 4.78 is 39.6. The number of benzene rings is 1. The van der Waals surface area contributed by atoms with Gasteiger partial charge in [-0.25, -0.2) is 14.8 Å². The third-order valence-corrected chi connectivity index (χ3v) is 5.11. The van der Waals surface area contributed by atoms with E-state index in [2.05, 4.69) is 25.9 Å². The lowest BCUT2D eigenvalue weighted by atomic mass is 10.2. The molecule has 1 amide bonds. The SMILES string of the molecule is Nc1nccn2c(C3CCCN3C(=O)OCc3ccccc3)nc(Br)c12.O=S(=O)(O)O. The first kappa shape index (κ1) is 22.9. The minimum atomic E-state index is -4.67. The Morgan fingerprint density at radius 2 is 1.97 bits per heavy atom. The number of halogens is 1. The zero-order valence-electron chi connectivity index (χ0n) is 16.1. The van der Waals surface area contributed by atoms with Crippen molar-refractivity contribution < 1.29 is 27.1 Å². The van der Waals surface area contributed by atoms with Crippen molar-refractivity contribution >= 4 is 43.8 Å².